The molecule has 3 aromatic heterocycles. The highest BCUT2D eigenvalue weighted by atomic mass is 35.5. The summed E-state index contributed by atoms with van der Waals surface area (Å²) in [7, 11) is 0. The number of hydrogen-bond acceptors (Lipinski definition) is 7. The molecule has 5 aromatic rings. The predicted octanol–water partition coefficient (Wildman–Crippen LogP) is 5.95. The van der Waals surface area contributed by atoms with Crippen LogP contribution in [0, 0.1) is 0 Å². The van der Waals surface area contributed by atoms with Gasteiger partial charge < -0.3 is 4.52 Å². The van der Waals surface area contributed by atoms with Gasteiger partial charge in [0.1, 0.15) is 0 Å². The zero-order valence-electron chi connectivity index (χ0n) is 17.7. The Morgan fingerprint density at radius 2 is 1.73 bits per heavy atom. The van der Waals surface area contributed by atoms with Crippen LogP contribution in [0.2, 0.25) is 5.02 Å². The Labute approximate surface area is 199 Å². The summed E-state index contributed by atoms with van der Waals surface area (Å²) in [5.41, 5.74) is 2.82. The number of halogens is 1. The second-order valence-corrected chi connectivity index (χ2v) is 9.03. The van der Waals surface area contributed by atoms with Gasteiger partial charge in [-0.1, -0.05) is 71.0 Å². The molecule has 5 rings (SSSR count). The minimum absolute atomic E-state index is 0.133. The molecule has 9 heteroatoms. The third-order valence-corrected chi connectivity index (χ3v) is 6.42. The fourth-order valence-electron chi connectivity index (χ4n) is 3.35. The highest BCUT2D eigenvalue weighted by Gasteiger charge is 2.22. The third kappa shape index (κ3) is 4.67. The first kappa shape index (κ1) is 21.4. The van der Waals surface area contributed by atoms with E-state index in [0.717, 1.165) is 21.8 Å². The number of hydrogen-bond donors (Lipinski definition) is 0. The summed E-state index contributed by atoms with van der Waals surface area (Å²) < 4.78 is 7.61. The van der Waals surface area contributed by atoms with Crippen LogP contribution in [0.3, 0.4) is 0 Å². The van der Waals surface area contributed by atoms with E-state index < -0.39 is 0 Å². The lowest BCUT2D eigenvalue weighted by Crippen LogP contribution is -2.05. The minimum atomic E-state index is -0.133. The van der Waals surface area contributed by atoms with Crippen LogP contribution in [-0.2, 0) is 6.54 Å². The number of aromatic nitrogens is 6. The van der Waals surface area contributed by atoms with E-state index in [1.807, 2.05) is 61.5 Å². The van der Waals surface area contributed by atoms with Crippen molar-refractivity contribution in [2.75, 3.05) is 0 Å². The van der Waals surface area contributed by atoms with Crippen molar-refractivity contribution < 1.29 is 4.52 Å². The Bertz CT molecular complexity index is 1360. The van der Waals surface area contributed by atoms with Crippen molar-refractivity contribution in [2.24, 2.45) is 0 Å². The topological polar surface area (TPSA) is 82.5 Å². The van der Waals surface area contributed by atoms with Crippen LogP contribution < -0.4 is 0 Å². The van der Waals surface area contributed by atoms with Gasteiger partial charge in [-0.25, -0.2) is 0 Å². The summed E-state index contributed by atoms with van der Waals surface area (Å²) in [4.78, 5) is 8.59. The van der Waals surface area contributed by atoms with Crippen LogP contribution >= 0.6 is 23.4 Å². The molecule has 0 bridgehead atoms. The molecule has 7 nitrogen and oxygen atoms in total. The van der Waals surface area contributed by atoms with Crippen molar-refractivity contribution in [3.8, 4) is 22.8 Å². The minimum Gasteiger partial charge on any atom is -0.338 e. The van der Waals surface area contributed by atoms with Gasteiger partial charge in [0, 0.05) is 23.5 Å². The van der Waals surface area contributed by atoms with E-state index in [0.29, 0.717) is 29.1 Å². The molecule has 0 N–H and O–H groups in total. The first-order valence-corrected chi connectivity index (χ1v) is 11.6. The Morgan fingerprint density at radius 1 is 0.970 bits per heavy atom. The summed E-state index contributed by atoms with van der Waals surface area (Å²) in [6, 6.07) is 21.5. The lowest BCUT2D eigenvalue weighted by Gasteiger charge is -2.12. The average Bonchev–Trinajstić information content (AvgIpc) is 3.49. The summed E-state index contributed by atoms with van der Waals surface area (Å²) in [6.45, 7) is 2.61. The maximum Gasteiger partial charge on any atom is 0.240 e. The summed E-state index contributed by atoms with van der Waals surface area (Å²) in [6.07, 6.45) is 3.40. The van der Waals surface area contributed by atoms with Crippen molar-refractivity contribution >= 4 is 23.4 Å². The second kappa shape index (κ2) is 9.56. The SMILES string of the molecule is C[C@H](Sc1nnc(-c2ccccc2Cl)n1Cc1ccccc1)c1nc(-c2ccncc2)no1. The lowest BCUT2D eigenvalue weighted by atomic mass is 10.2. The molecule has 3 heterocycles. The first-order chi connectivity index (χ1) is 16.2. The molecule has 0 amide bonds. The third-order valence-electron chi connectivity index (χ3n) is 5.03. The highest BCUT2D eigenvalue weighted by Crippen LogP contribution is 2.36. The van der Waals surface area contributed by atoms with E-state index in [4.69, 9.17) is 16.1 Å². The van der Waals surface area contributed by atoms with E-state index in [-0.39, 0.29) is 5.25 Å². The monoisotopic (exact) mass is 474 g/mol. The highest BCUT2D eigenvalue weighted by molar-refractivity contribution is 7.99. The molecule has 0 fully saturated rings. The quantitative estimate of drug-likeness (QED) is 0.270. The van der Waals surface area contributed by atoms with E-state index in [1.165, 1.54) is 11.8 Å². The van der Waals surface area contributed by atoms with Gasteiger partial charge in [0.05, 0.1) is 16.8 Å². The molecule has 164 valence electrons. The van der Waals surface area contributed by atoms with Gasteiger partial charge in [-0.2, -0.15) is 4.98 Å². The van der Waals surface area contributed by atoms with Crippen molar-refractivity contribution in [1.82, 2.24) is 29.9 Å². The van der Waals surface area contributed by atoms with Crippen LogP contribution in [0.4, 0.5) is 0 Å². The van der Waals surface area contributed by atoms with Gasteiger partial charge in [-0.3, -0.25) is 9.55 Å². The normalized spacial score (nSPS) is 12.1. The zero-order valence-corrected chi connectivity index (χ0v) is 19.2. The maximum atomic E-state index is 6.48. The first-order valence-electron chi connectivity index (χ1n) is 10.3. The van der Waals surface area contributed by atoms with Crippen LogP contribution in [0.25, 0.3) is 22.8 Å². The molecule has 0 saturated carbocycles. The molecule has 0 aliphatic heterocycles. The Morgan fingerprint density at radius 3 is 2.52 bits per heavy atom. The lowest BCUT2D eigenvalue weighted by molar-refractivity contribution is 0.380. The fourth-order valence-corrected chi connectivity index (χ4v) is 4.45. The van der Waals surface area contributed by atoms with Gasteiger partial charge in [-0.05, 0) is 36.8 Å². The Hall–Kier alpha value is -3.49. The summed E-state index contributed by atoms with van der Waals surface area (Å²) in [5, 5.41) is 14.3. The predicted molar refractivity (Wildman–Crippen MR) is 128 cm³/mol. The van der Waals surface area contributed by atoms with E-state index in [1.54, 1.807) is 12.4 Å². The number of nitrogens with zero attached hydrogens (tertiary/aromatic N) is 6. The van der Waals surface area contributed by atoms with Gasteiger partial charge in [0.25, 0.3) is 0 Å². The Kier molecular flexibility index (Phi) is 6.19. The number of rotatable bonds is 7. The fraction of sp³-hybridized carbons (Fsp3) is 0.125. The van der Waals surface area contributed by atoms with Crippen LogP contribution in [-0.4, -0.2) is 29.9 Å². The maximum absolute atomic E-state index is 6.48. The molecule has 33 heavy (non-hydrogen) atoms. The van der Waals surface area contributed by atoms with Crippen LogP contribution in [0.5, 0.6) is 0 Å². The molecule has 0 radical (unpaired) electrons. The largest absolute Gasteiger partial charge is 0.338 e. The molecule has 2 aromatic carbocycles. The smallest absolute Gasteiger partial charge is 0.240 e. The summed E-state index contributed by atoms with van der Waals surface area (Å²) in [5.74, 6) is 1.75. The summed E-state index contributed by atoms with van der Waals surface area (Å²) >= 11 is 7.99. The molecule has 0 unspecified atom stereocenters. The standard InChI is InChI=1S/C24H19ClN6OS/c1-16(23-27-21(30-32-23)18-11-13-26-14-12-18)33-24-29-28-22(19-9-5-6-10-20(19)25)31(24)15-17-7-3-2-4-8-17/h2-14,16H,15H2,1H3/t16-/m0/s1. The van der Waals surface area contributed by atoms with E-state index >= 15 is 0 Å². The second-order valence-electron chi connectivity index (χ2n) is 7.31. The van der Waals surface area contributed by atoms with Crippen molar-refractivity contribution in [3.05, 3.63) is 95.6 Å². The van der Waals surface area contributed by atoms with Crippen molar-refractivity contribution in [2.45, 2.75) is 23.9 Å². The Balaban J connectivity index is 1.46. The number of benzene rings is 2. The van der Waals surface area contributed by atoms with Gasteiger partial charge in [-0.15, -0.1) is 10.2 Å². The van der Waals surface area contributed by atoms with Crippen LogP contribution in [0.15, 0.2) is 88.8 Å². The van der Waals surface area contributed by atoms with E-state index in [2.05, 4.69) is 42.0 Å². The molecule has 0 aliphatic rings. The average molecular weight is 475 g/mol. The number of pyridine rings is 1. The zero-order chi connectivity index (χ0) is 22.6. The van der Waals surface area contributed by atoms with Gasteiger partial charge in [0.15, 0.2) is 11.0 Å². The van der Waals surface area contributed by atoms with Crippen molar-refractivity contribution in [3.63, 3.8) is 0 Å². The molecular formula is C24H19ClN6OS. The van der Waals surface area contributed by atoms with E-state index in [9.17, 15) is 0 Å². The molecule has 0 spiro atoms. The molecule has 0 aliphatic carbocycles. The number of thioether (sulfide) groups is 1. The molecular weight excluding hydrogens is 456 g/mol. The van der Waals surface area contributed by atoms with Crippen molar-refractivity contribution in [1.29, 1.82) is 0 Å². The molecule has 1 atom stereocenters. The van der Waals surface area contributed by atoms with Gasteiger partial charge in [0.2, 0.25) is 11.7 Å². The van der Waals surface area contributed by atoms with Gasteiger partial charge >= 0.3 is 0 Å². The molecule has 0 saturated heterocycles. The van der Waals surface area contributed by atoms with Crippen LogP contribution in [0.1, 0.15) is 23.6 Å².